The standard InChI is InChI=1S/C22H15BrCl2N2O3/c23-16-5-1-14(2-6-16)11-21(28)27-26-13-15-3-8-18(9-4-15)30-22(29)19-10-7-17(24)12-20(19)25/h1-10,12-13H,11H2,(H,27,28). The second-order valence-electron chi connectivity index (χ2n) is 6.18. The van der Waals surface area contributed by atoms with E-state index in [4.69, 9.17) is 27.9 Å². The van der Waals surface area contributed by atoms with Crippen LogP contribution < -0.4 is 10.2 Å². The van der Waals surface area contributed by atoms with Crippen molar-refractivity contribution in [2.45, 2.75) is 6.42 Å². The molecule has 0 spiro atoms. The Hall–Kier alpha value is -2.67. The van der Waals surface area contributed by atoms with Gasteiger partial charge in [0.2, 0.25) is 5.91 Å². The molecule has 0 fully saturated rings. The summed E-state index contributed by atoms with van der Waals surface area (Å²) in [6, 6.07) is 18.7. The first-order valence-corrected chi connectivity index (χ1v) is 10.3. The molecule has 1 amide bonds. The minimum absolute atomic E-state index is 0.218. The molecule has 0 radical (unpaired) electrons. The van der Waals surface area contributed by atoms with Crippen LogP contribution in [0.4, 0.5) is 0 Å². The smallest absolute Gasteiger partial charge is 0.345 e. The van der Waals surface area contributed by atoms with E-state index in [1.807, 2.05) is 24.3 Å². The van der Waals surface area contributed by atoms with E-state index in [2.05, 4.69) is 26.5 Å². The normalized spacial score (nSPS) is 10.8. The molecule has 0 bridgehead atoms. The number of hydrogen-bond acceptors (Lipinski definition) is 4. The van der Waals surface area contributed by atoms with Crippen LogP contribution in [0.25, 0.3) is 0 Å². The van der Waals surface area contributed by atoms with Gasteiger partial charge in [0, 0.05) is 9.50 Å². The summed E-state index contributed by atoms with van der Waals surface area (Å²) < 4.78 is 6.26. The molecule has 0 unspecified atom stereocenters. The third-order valence-electron chi connectivity index (χ3n) is 3.92. The summed E-state index contributed by atoms with van der Waals surface area (Å²) in [5.41, 5.74) is 4.32. The maximum atomic E-state index is 12.2. The molecular formula is C22H15BrCl2N2O3. The highest BCUT2D eigenvalue weighted by Gasteiger charge is 2.13. The van der Waals surface area contributed by atoms with Gasteiger partial charge in [-0.2, -0.15) is 5.10 Å². The predicted molar refractivity (Wildman–Crippen MR) is 121 cm³/mol. The van der Waals surface area contributed by atoms with Crippen molar-refractivity contribution >= 4 is 57.2 Å². The Labute approximate surface area is 191 Å². The quantitative estimate of drug-likeness (QED) is 0.203. The third kappa shape index (κ3) is 6.42. The van der Waals surface area contributed by atoms with Crippen LogP contribution in [-0.4, -0.2) is 18.1 Å². The van der Waals surface area contributed by atoms with Gasteiger partial charge in [-0.3, -0.25) is 4.79 Å². The number of hydrazone groups is 1. The average molecular weight is 506 g/mol. The van der Waals surface area contributed by atoms with Crippen LogP contribution in [0, 0.1) is 0 Å². The fourth-order valence-electron chi connectivity index (χ4n) is 2.44. The van der Waals surface area contributed by atoms with Gasteiger partial charge >= 0.3 is 5.97 Å². The fourth-order valence-corrected chi connectivity index (χ4v) is 3.19. The summed E-state index contributed by atoms with van der Waals surface area (Å²) in [5.74, 6) is -0.459. The Morgan fingerprint density at radius 3 is 2.37 bits per heavy atom. The van der Waals surface area contributed by atoms with Crippen molar-refractivity contribution in [2.24, 2.45) is 5.10 Å². The van der Waals surface area contributed by atoms with Crippen LogP contribution in [0.2, 0.25) is 10.0 Å². The van der Waals surface area contributed by atoms with Gasteiger partial charge in [-0.25, -0.2) is 10.2 Å². The summed E-state index contributed by atoms with van der Waals surface area (Å²) in [5, 5.41) is 4.59. The number of benzene rings is 3. The summed E-state index contributed by atoms with van der Waals surface area (Å²) in [6.45, 7) is 0. The van der Waals surface area contributed by atoms with Crippen LogP contribution in [0.15, 0.2) is 76.3 Å². The number of nitrogens with one attached hydrogen (secondary N) is 1. The number of amides is 1. The van der Waals surface area contributed by atoms with Gasteiger partial charge in [-0.05, 0) is 65.7 Å². The molecule has 152 valence electrons. The molecule has 3 rings (SSSR count). The van der Waals surface area contributed by atoms with E-state index in [1.54, 1.807) is 30.3 Å². The number of halogens is 3. The van der Waals surface area contributed by atoms with Gasteiger partial charge in [0.15, 0.2) is 0 Å². The highest BCUT2D eigenvalue weighted by Crippen LogP contribution is 2.23. The van der Waals surface area contributed by atoms with Crippen molar-refractivity contribution in [3.8, 4) is 5.75 Å². The molecule has 0 aromatic heterocycles. The molecule has 0 heterocycles. The second-order valence-corrected chi connectivity index (χ2v) is 7.94. The zero-order valence-electron chi connectivity index (χ0n) is 15.4. The van der Waals surface area contributed by atoms with Crippen molar-refractivity contribution in [1.82, 2.24) is 5.43 Å². The number of carbonyl (C=O) groups is 2. The summed E-state index contributed by atoms with van der Waals surface area (Å²) in [6.07, 6.45) is 1.73. The lowest BCUT2D eigenvalue weighted by molar-refractivity contribution is -0.120. The van der Waals surface area contributed by atoms with E-state index in [0.717, 1.165) is 15.6 Å². The van der Waals surface area contributed by atoms with Crippen molar-refractivity contribution in [3.05, 3.63) is 97.9 Å². The van der Waals surface area contributed by atoms with Gasteiger partial charge in [-0.1, -0.05) is 51.3 Å². The summed E-state index contributed by atoms with van der Waals surface area (Å²) >= 11 is 15.2. The van der Waals surface area contributed by atoms with Crippen LogP contribution >= 0.6 is 39.1 Å². The number of rotatable bonds is 6. The maximum absolute atomic E-state index is 12.2. The van der Waals surface area contributed by atoms with Gasteiger partial charge in [0.1, 0.15) is 5.75 Å². The fraction of sp³-hybridized carbons (Fsp3) is 0.0455. The highest BCUT2D eigenvalue weighted by atomic mass is 79.9. The van der Waals surface area contributed by atoms with E-state index in [9.17, 15) is 9.59 Å². The molecule has 0 saturated carbocycles. The zero-order chi connectivity index (χ0) is 21.5. The molecular weight excluding hydrogens is 491 g/mol. The summed E-state index contributed by atoms with van der Waals surface area (Å²) in [7, 11) is 0. The van der Waals surface area contributed by atoms with Gasteiger partial charge in [0.25, 0.3) is 0 Å². The Morgan fingerprint density at radius 1 is 1.00 bits per heavy atom. The Bertz CT molecular complexity index is 1080. The van der Waals surface area contributed by atoms with Crippen molar-refractivity contribution in [2.75, 3.05) is 0 Å². The van der Waals surface area contributed by atoms with Crippen LogP contribution in [-0.2, 0) is 11.2 Å². The first kappa shape index (κ1) is 22.0. The first-order valence-electron chi connectivity index (χ1n) is 8.74. The number of carbonyl (C=O) groups excluding carboxylic acids is 2. The molecule has 0 atom stereocenters. The van der Waals surface area contributed by atoms with Crippen LogP contribution in [0.1, 0.15) is 21.5 Å². The van der Waals surface area contributed by atoms with E-state index in [1.165, 1.54) is 18.3 Å². The number of ether oxygens (including phenoxy) is 1. The van der Waals surface area contributed by atoms with E-state index in [0.29, 0.717) is 10.8 Å². The number of hydrogen-bond donors (Lipinski definition) is 1. The minimum atomic E-state index is -0.585. The number of esters is 1. The molecule has 1 N–H and O–H groups in total. The van der Waals surface area contributed by atoms with Crippen molar-refractivity contribution in [1.29, 1.82) is 0 Å². The molecule has 8 heteroatoms. The molecule has 5 nitrogen and oxygen atoms in total. The molecule has 30 heavy (non-hydrogen) atoms. The van der Waals surface area contributed by atoms with Crippen molar-refractivity contribution < 1.29 is 14.3 Å². The molecule has 0 aliphatic heterocycles. The predicted octanol–water partition coefficient (Wildman–Crippen LogP) is 5.67. The number of nitrogens with zero attached hydrogens (tertiary/aromatic N) is 1. The van der Waals surface area contributed by atoms with Crippen LogP contribution in [0.3, 0.4) is 0 Å². The first-order chi connectivity index (χ1) is 14.4. The lowest BCUT2D eigenvalue weighted by Crippen LogP contribution is -2.19. The maximum Gasteiger partial charge on any atom is 0.345 e. The molecule has 3 aromatic rings. The van der Waals surface area contributed by atoms with E-state index in [-0.39, 0.29) is 22.9 Å². The van der Waals surface area contributed by atoms with E-state index < -0.39 is 5.97 Å². The molecule has 0 aliphatic carbocycles. The monoisotopic (exact) mass is 504 g/mol. The van der Waals surface area contributed by atoms with Gasteiger partial charge < -0.3 is 4.74 Å². The Kier molecular flexibility index (Phi) is 7.63. The minimum Gasteiger partial charge on any atom is -0.423 e. The SMILES string of the molecule is O=C(Cc1ccc(Br)cc1)NN=Cc1ccc(OC(=O)c2ccc(Cl)cc2Cl)cc1. The Balaban J connectivity index is 1.53. The topological polar surface area (TPSA) is 67.8 Å². The van der Waals surface area contributed by atoms with Gasteiger partial charge in [-0.15, -0.1) is 0 Å². The second kappa shape index (κ2) is 10.4. The summed E-state index contributed by atoms with van der Waals surface area (Å²) in [4.78, 5) is 24.2. The molecule has 3 aromatic carbocycles. The van der Waals surface area contributed by atoms with E-state index >= 15 is 0 Å². The lowest BCUT2D eigenvalue weighted by atomic mass is 10.1. The zero-order valence-corrected chi connectivity index (χ0v) is 18.5. The van der Waals surface area contributed by atoms with Crippen LogP contribution in [0.5, 0.6) is 5.75 Å². The Morgan fingerprint density at radius 2 is 1.70 bits per heavy atom. The van der Waals surface area contributed by atoms with Gasteiger partial charge in [0.05, 0.1) is 23.2 Å². The third-order valence-corrected chi connectivity index (χ3v) is 5.00. The molecule has 0 aliphatic rings. The lowest BCUT2D eigenvalue weighted by Gasteiger charge is -2.06. The molecule has 0 saturated heterocycles. The largest absolute Gasteiger partial charge is 0.423 e. The highest BCUT2D eigenvalue weighted by molar-refractivity contribution is 9.10. The average Bonchev–Trinajstić information content (AvgIpc) is 2.71. The van der Waals surface area contributed by atoms with Crippen molar-refractivity contribution in [3.63, 3.8) is 0 Å².